The fraction of sp³-hybridized carbons (Fsp3) is 0.882. The Morgan fingerprint density at radius 3 is 2.14 bits per heavy atom. The van der Waals surface area contributed by atoms with Gasteiger partial charge in [-0.2, -0.15) is 0 Å². The van der Waals surface area contributed by atoms with Gasteiger partial charge in [-0.1, -0.05) is 33.6 Å². The van der Waals surface area contributed by atoms with Crippen molar-refractivity contribution in [1.29, 1.82) is 0 Å². The molecule has 1 heterocycles. The van der Waals surface area contributed by atoms with Gasteiger partial charge in [0.05, 0.1) is 0 Å². The van der Waals surface area contributed by atoms with E-state index < -0.39 is 0 Å². The summed E-state index contributed by atoms with van der Waals surface area (Å²) in [4.78, 5) is 26.7. The van der Waals surface area contributed by atoms with E-state index in [1.54, 1.807) is 6.92 Å². The van der Waals surface area contributed by atoms with Crippen LogP contribution >= 0.6 is 0 Å². The predicted molar refractivity (Wildman–Crippen MR) is 93.9 cm³/mol. The number of nitrogens with zero attached hydrogens (tertiary/aromatic N) is 2. The van der Waals surface area contributed by atoms with E-state index in [4.69, 9.17) is 0 Å². The second-order valence-corrected chi connectivity index (χ2v) is 5.47. The van der Waals surface area contributed by atoms with Gasteiger partial charge in [0.2, 0.25) is 11.8 Å². The maximum Gasteiger partial charge on any atom is 0.222 e. The summed E-state index contributed by atoms with van der Waals surface area (Å²) in [6, 6.07) is 0. The summed E-state index contributed by atoms with van der Waals surface area (Å²) in [6.45, 7) is 13.2. The highest BCUT2D eigenvalue weighted by atomic mass is 16.2. The molecule has 1 rings (SSSR count). The number of hydrogen-bond donors (Lipinski definition) is 1. The van der Waals surface area contributed by atoms with E-state index in [9.17, 15) is 9.59 Å². The number of carbonyl (C=O) groups is 2. The highest BCUT2D eigenvalue weighted by molar-refractivity contribution is 5.75. The van der Waals surface area contributed by atoms with Gasteiger partial charge in [0.1, 0.15) is 0 Å². The lowest BCUT2D eigenvalue weighted by Gasteiger charge is -2.34. The van der Waals surface area contributed by atoms with Crippen molar-refractivity contribution in [2.24, 2.45) is 0 Å². The van der Waals surface area contributed by atoms with Gasteiger partial charge in [0, 0.05) is 47.5 Å². The van der Waals surface area contributed by atoms with Gasteiger partial charge in [-0.25, -0.2) is 0 Å². The van der Waals surface area contributed by atoms with Crippen LogP contribution in [0, 0.1) is 0 Å². The van der Waals surface area contributed by atoms with Crippen molar-refractivity contribution >= 4 is 11.8 Å². The first-order valence-corrected chi connectivity index (χ1v) is 8.88. The topological polar surface area (TPSA) is 52.7 Å². The van der Waals surface area contributed by atoms with E-state index in [0.717, 1.165) is 45.7 Å². The van der Waals surface area contributed by atoms with E-state index in [2.05, 4.69) is 10.2 Å². The predicted octanol–water partition coefficient (Wildman–Crippen LogP) is 2.51. The maximum atomic E-state index is 11.6. The molecule has 22 heavy (non-hydrogen) atoms. The lowest BCUT2D eigenvalue weighted by molar-refractivity contribution is -0.132. The van der Waals surface area contributed by atoms with Crippen LogP contribution in [0.2, 0.25) is 0 Å². The molecule has 0 aromatic heterocycles. The zero-order valence-electron chi connectivity index (χ0n) is 15.0. The van der Waals surface area contributed by atoms with Crippen LogP contribution in [0.3, 0.4) is 0 Å². The first-order chi connectivity index (χ1) is 10.6. The highest BCUT2D eigenvalue weighted by Gasteiger charge is 2.19. The molecule has 1 fully saturated rings. The normalized spacial score (nSPS) is 15.0. The Balaban J connectivity index is 0. The number of rotatable bonds is 8. The largest absolute Gasteiger partial charge is 0.356 e. The lowest BCUT2D eigenvalue weighted by Crippen LogP contribution is -2.48. The number of nitrogens with one attached hydrogen (secondary N) is 1. The zero-order valence-corrected chi connectivity index (χ0v) is 15.0. The Labute approximate surface area is 137 Å². The standard InChI is InChI=1S/C15H29N3O2.C2H6.H2/c1-3-15(20)18-12-10-17(11-13-18)9-7-5-4-6-8-16-14(2)19;1-2;/h3-13H2,1-2H3,(H,16,19);1-2H3;1H. The first-order valence-electron chi connectivity index (χ1n) is 8.88. The molecule has 1 aliphatic rings. The Hall–Kier alpha value is -1.10. The van der Waals surface area contributed by atoms with Crippen LogP contribution in [0.15, 0.2) is 0 Å². The van der Waals surface area contributed by atoms with Crippen LogP contribution in [-0.4, -0.2) is 60.9 Å². The van der Waals surface area contributed by atoms with E-state index in [0.29, 0.717) is 6.42 Å². The molecule has 5 heteroatoms. The average molecular weight is 316 g/mol. The van der Waals surface area contributed by atoms with E-state index in [1.165, 1.54) is 19.3 Å². The third-order valence-corrected chi connectivity index (χ3v) is 3.80. The summed E-state index contributed by atoms with van der Waals surface area (Å²) in [5.74, 6) is 0.340. The van der Waals surface area contributed by atoms with Crippen LogP contribution < -0.4 is 5.32 Å². The Morgan fingerprint density at radius 2 is 1.59 bits per heavy atom. The van der Waals surface area contributed by atoms with Gasteiger partial charge >= 0.3 is 0 Å². The second kappa shape index (κ2) is 13.6. The van der Waals surface area contributed by atoms with E-state index in [1.807, 2.05) is 25.7 Å². The SMILES string of the molecule is CC.CCC(=O)N1CCN(CCCCCCNC(C)=O)CC1.[HH]. The number of hydrogen-bond acceptors (Lipinski definition) is 3. The minimum Gasteiger partial charge on any atom is -0.356 e. The van der Waals surface area contributed by atoms with Crippen molar-refractivity contribution in [2.45, 2.75) is 59.8 Å². The third kappa shape index (κ3) is 9.77. The molecule has 0 unspecified atom stereocenters. The molecular formula is C17H37N3O2. The smallest absolute Gasteiger partial charge is 0.222 e. The summed E-state index contributed by atoms with van der Waals surface area (Å²) < 4.78 is 0. The van der Waals surface area contributed by atoms with Gasteiger partial charge < -0.3 is 10.2 Å². The van der Waals surface area contributed by atoms with Crippen LogP contribution in [0.25, 0.3) is 0 Å². The van der Waals surface area contributed by atoms with Crippen LogP contribution in [0.4, 0.5) is 0 Å². The third-order valence-electron chi connectivity index (χ3n) is 3.80. The van der Waals surface area contributed by atoms with Crippen molar-refractivity contribution in [3.63, 3.8) is 0 Å². The van der Waals surface area contributed by atoms with Crippen LogP contribution in [0.1, 0.15) is 61.2 Å². The second-order valence-electron chi connectivity index (χ2n) is 5.47. The highest BCUT2D eigenvalue weighted by Crippen LogP contribution is 2.06. The summed E-state index contributed by atoms with van der Waals surface area (Å²) in [5, 5.41) is 2.82. The quantitative estimate of drug-likeness (QED) is 0.700. The fourth-order valence-corrected chi connectivity index (χ4v) is 2.52. The maximum absolute atomic E-state index is 11.6. The van der Waals surface area contributed by atoms with Crippen molar-refractivity contribution < 1.29 is 11.0 Å². The van der Waals surface area contributed by atoms with Crippen molar-refractivity contribution in [1.82, 2.24) is 15.1 Å². The molecule has 1 aliphatic heterocycles. The summed E-state index contributed by atoms with van der Waals surface area (Å²) in [7, 11) is 0. The Kier molecular flexibility index (Phi) is 12.9. The fourth-order valence-electron chi connectivity index (χ4n) is 2.52. The molecular weight excluding hydrogens is 278 g/mol. The molecule has 132 valence electrons. The summed E-state index contributed by atoms with van der Waals surface area (Å²) in [5.41, 5.74) is 0. The number of piperazine rings is 1. The monoisotopic (exact) mass is 315 g/mol. The number of unbranched alkanes of at least 4 members (excludes halogenated alkanes) is 3. The van der Waals surface area contributed by atoms with Crippen LogP contribution in [-0.2, 0) is 9.59 Å². The van der Waals surface area contributed by atoms with Gasteiger partial charge in [-0.15, -0.1) is 0 Å². The minimum absolute atomic E-state index is 0. The van der Waals surface area contributed by atoms with E-state index >= 15 is 0 Å². The number of amides is 2. The summed E-state index contributed by atoms with van der Waals surface area (Å²) in [6.07, 6.45) is 5.29. The molecule has 0 saturated carbocycles. The summed E-state index contributed by atoms with van der Waals surface area (Å²) >= 11 is 0. The van der Waals surface area contributed by atoms with E-state index in [-0.39, 0.29) is 13.2 Å². The molecule has 0 aromatic rings. The number of carbonyl (C=O) groups excluding carboxylic acids is 2. The molecule has 0 spiro atoms. The minimum atomic E-state index is 0. The molecule has 0 aliphatic carbocycles. The molecule has 0 aromatic carbocycles. The van der Waals surface area contributed by atoms with Gasteiger partial charge in [0.15, 0.2) is 0 Å². The van der Waals surface area contributed by atoms with Crippen molar-refractivity contribution in [3.05, 3.63) is 0 Å². The molecule has 1 saturated heterocycles. The van der Waals surface area contributed by atoms with Crippen molar-refractivity contribution in [2.75, 3.05) is 39.3 Å². The van der Waals surface area contributed by atoms with Gasteiger partial charge in [0.25, 0.3) is 0 Å². The first kappa shape index (κ1) is 20.9. The van der Waals surface area contributed by atoms with Gasteiger partial charge in [-0.3, -0.25) is 14.5 Å². The molecule has 0 bridgehead atoms. The molecule has 2 amide bonds. The molecule has 5 nitrogen and oxygen atoms in total. The van der Waals surface area contributed by atoms with Crippen LogP contribution in [0.5, 0.6) is 0 Å². The lowest BCUT2D eigenvalue weighted by atomic mass is 10.1. The Bertz CT molecular complexity index is 306. The molecule has 1 N–H and O–H groups in total. The zero-order chi connectivity index (χ0) is 16.8. The Morgan fingerprint density at radius 1 is 1.00 bits per heavy atom. The van der Waals surface area contributed by atoms with Gasteiger partial charge in [-0.05, 0) is 19.4 Å². The van der Waals surface area contributed by atoms with Crippen molar-refractivity contribution in [3.8, 4) is 0 Å². The molecule has 0 radical (unpaired) electrons. The molecule has 0 atom stereocenters. The average Bonchev–Trinajstić information content (AvgIpc) is 2.55.